The van der Waals surface area contributed by atoms with Gasteiger partial charge in [-0.25, -0.2) is 0 Å². The summed E-state index contributed by atoms with van der Waals surface area (Å²) < 4.78 is 1.96. The Labute approximate surface area is 186 Å². The van der Waals surface area contributed by atoms with Crippen molar-refractivity contribution in [3.63, 3.8) is 0 Å². The van der Waals surface area contributed by atoms with Gasteiger partial charge in [0, 0.05) is 23.7 Å². The third kappa shape index (κ3) is 5.52. The van der Waals surface area contributed by atoms with Gasteiger partial charge in [-0.1, -0.05) is 66.7 Å². The molecule has 2 aromatic carbocycles. The number of nitrogens with zero attached hydrogens (tertiary/aromatic N) is 3. The Bertz CT molecular complexity index is 988. The second-order valence-electron chi connectivity index (χ2n) is 7.03. The van der Waals surface area contributed by atoms with Crippen molar-refractivity contribution in [1.82, 2.24) is 20.1 Å². The highest BCUT2D eigenvalue weighted by molar-refractivity contribution is 8.00. The van der Waals surface area contributed by atoms with Crippen LogP contribution >= 0.6 is 23.4 Å². The molecule has 156 valence electrons. The number of hydrogen-bond acceptors (Lipinski definition) is 4. The van der Waals surface area contributed by atoms with Gasteiger partial charge in [0.1, 0.15) is 0 Å². The highest BCUT2D eigenvalue weighted by Crippen LogP contribution is 2.27. The van der Waals surface area contributed by atoms with Crippen LogP contribution in [-0.4, -0.2) is 32.5 Å². The smallest absolute Gasteiger partial charge is 0.233 e. The van der Waals surface area contributed by atoms with E-state index in [2.05, 4.69) is 41.1 Å². The van der Waals surface area contributed by atoms with Gasteiger partial charge < -0.3 is 5.32 Å². The maximum absolute atomic E-state index is 12.6. The molecule has 3 aromatic rings. The molecule has 0 saturated heterocycles. The number of thioether (sulfide) groups is 1. The van der Waals surface area contributed by atoms with Crippen LogP contribution in [0.25, 0.3) is 11.4 Å². The molecule has 0 spiro atoms. The SMILES string of the molecule is C=CCn1c(SC(C)C(=O)NCC(C)c2ccccc2)nnc1-c1ccc(Cl)cc1. The Kier molecular flexibility index (Phi) is 7.71. The zero-order valence-electron chi connectivity index (χ0n) is 17.1. The zero-order chi connectivity index (χ0) is 21.5. The number of carbonyl (C=O) groups is 1. The summed E-state index contributed by atoms with van der Waals surface area (Å²) in [6.07, 6.45) is 1.79. The summed E-state index contributed by atoms with van der Waals surface area (Å²) in [5, 5.41) is 12.7. The van der Waals surface area contributed by atoms with Crippen molar-refractivity contribution in [2.75, 3.05) is 6.54 Å². The lowest BCUT2D eigenvalue weighted by Crippen LogP contribution is -2.33. The molecule has 3 rings (SSSR count). The molecular formula is C23H25ClN4OS. The van der Waals surface area contributed by atoms with Crippen molar-refractivity contribution >= 4 is 29.3 Å². The van der Waals surface area contributed by atoms with Crippen LogP contribution in [0.4, 0.5) is 0 Å². The molecule has 0 saturated carbocycles. The number of amides is 1. The van der Waals surface area contributed by atoms with Crippen molar-refractivity contribution in [3.05, 3.63) is 77.8 Å². The molecule has 1 aromatic heterocycles. The van der Waals surface area contributed by atoms with Gasteiger partial charge in [0.05, 0.1) is 5.25 Å². The summed E-state index contributed by atoms with van der Waals surface area (Å²) in [4.78, 5) is 12.6. The number of aromatic nitrogens is 3. The minimum Gasteiger partial charge on any atom is -0.355 e. The normalized spacial score (nSPS) is 12.9. The fourth-order valence-corrected chi connectivity index (χ4v) is 4.00. The van der Waals surface area contributed by atoms with Crippen LogP contribution in [0.15, 0.2) is 72.4 Å². The fraction of sp³-hybridized carbons (Fsp3) is 0.261. The average Bonchev–Trinajstić information content (AvgIpc) is 3.15. The van der Waals surface area contributed by atoms with E-state index in [-0.39, 0.29) is 17.1 Å². The maximum Gasteiger partial charge on any atom is 0.233 e. The first kappa shape index (κ1) is 22.1. The Balaban J connectivity index is 1.66. The number of halogens is 1. The van der Waals surface area contributed by atoms with Gasteiger partial charge in [-0.3, -0.25) is 9.36 Å². The molecule has 7 heteroatoms. The van der Waals surface area contributed by atoms with Crippen molar-refractivity contribution in [3.8, 4) is 11.4 Å². The molecule has 0 aliphatic heterocycles. The number of allylic oxidation sites excluding steroid dienone is 1. The number of rotatable bonds is 9. The first-order chi connectivity index (χ1) is 14.5. The second-order valence-corrected chi connectivity index (χ2v) is 8.77. The average molecular weight is 441 g/mol. The zero-order valence-corrected chi connectivity index (χ0v) is 18.7. The minimum absolute atomic E-state index is 0.0241. The topological polar surface area (TPSA) is 59.8 Å². The van der Waals surface area contributed by atoms with E-state index in [0.717, 1.165) is 11.4 Å². The van der Waals surface area contributed by atoms with E-state index in [0.29, 0.717) is 23.3 Å². The van der Waals surface area contributed by atoms with E-state index in [1.54, 1.807) is 6.08 Å². The fourth-order valence-electron chi connectivity index (χ4n) is 2.99. The van der Waals surface area contributed by atoms with E-state index in [1.165, 1.54) is 17.3 Å². The molecule has 1 heterocycles. The monoisotopic (exact) mass is 440 g/mol. The third-order valence-electron chi connectivity index (χ3n) is 4.73. The summed E-state index contributed by atoms with van der Waals surface area (Å²) in [5.41, 5.74) is 2.12. The molecule has 2 unspecified atom stereocenters. The van der Waals surface area contributed by atoms with Crippen molar-refractivity contribution in [2.24, 2.45) is 0 Å². The molecule has 0 bridgehead atoms. The largest absolute Gasteiger partial charge is 0.355 e. The van der Waals surface area contributed by atoms with E-state index >= 15 is 0 Å². The summed E-state index contributed by atoms with van der Waals surface area (Å²) in [7, 11) is 0. The van der Waals surface area contributed by atoms with Gasteiger partial charge in [-0.15, -0.1) is 16.8 Å². The highest BCUT2D eigenvalue weighted by atomic mass is 35.5. The second kappa shape index (κ2) is 10.5. The van der Waals surface area contributed by atoms with E-state index in [9.17, 15) is 4.79 Å². The standard InChI is InChI=1S/C23H25ClN4OS/c1-4-14-28-21(19-10-12-20(24)13-11-19)26-27-23(28)30-17(3)22(29)25-15-16(2)18-8-6-5-7-9-18/h4-13,16-17H,1,14-15H2,2-3H3,(H,25,29). The molecule has 0 aliphatic carbocycles. The van der Waals surface area contributed by atoms with Crippen LogP contribution in [0.1, 0.15) is 25.3 Å². The summed E-state index contributed by atoms with van der Waals surface area (Å²) >= 11 is 7.38. The van der Waals surface area contributed by atoms with Crippen LogP contribution in [0, 0.1) is 0 Å². The first-order valence-corrected chi connectivity index (χ1v) is 11.0. The molecule has 2 atom stereocenters. The van der Waals surface area contributed by atoms with Crippen molar-refractivity contribution < 1.29 is 4.79 Å². The van der Waals surface area contributed by atoms with Crippen molar-refractivity contribution in [2.45, 2.75) is 36.7 Å². The molecule has 5 nitrogen and oxygen atoms in total. The molecule has 1 N–H and O–H groups in total. The Morgan fingerprint density at radius 1 is 1.17 bits per heavy atom. The summed E-state index contributed by atoms with van der Waals surface area (Å²) in [5.74, 6) is 0.941. The van der Waals surface area contributed by atoms with Crippen LogP contribution < -0.4 is 5.32 Å². The maximum atomic E-state index is 12.6. The van der Waals surface area contributed by atoms with Gasteiger partial charge in [0.15, 0.2) is 11.0 Å². The molecule has 30 heavy (non-hydrogen) atoms. The van der Waals surface area contributed by atoms with Gasteiger partial charge in [-0.2, -0.15) is 0 Å². The van der Waals surface area contributed by atoms with E-state index in [4.69, 9.17) is 11.6 Å². The quantitative estimate of drug-likeness (QED) is 0.367. The lowest BCUT2D eigenvalue weighted by molar-refractivity contribution is -0.120. The van der Waals surface area contributed by atoms with Gasteiger partial charge in [0.25, 0.3) is 0 Å². The minimum atomic E-state index is -0.307. The van der Waals surface area contributed by atoms with Crippen LogP contribution in [0.3, 0.4) is 0 Å². The lowest BCUT2D eigenvalue weighted by Gasteiger charge is -2.16. The number of benzene rings is 2. The molecular weight excluding hydrogens is 416 g/mol. The van der Waals surface area contributed by atoms with Crippen LogP contribution in [-0.2, 0) is 11.3 Å². The molecule has 1 amide bonds. The van der Waals surface area contributed by atoms with Crippen molar-refractivity contribution in [1.29, 1.82) is 0 Å². The molecule has 0 radical (unpaired) electrons. The van der Waals surface area contributed by atoms with Gasteiger partial charge >= 0.3 is 0 Å². The molecule has 0 fully saturated rings. The number of carbonyl (C=O) groups excluding carboxylic acids is 1. The predicted molar refractivity (Wildman–Crippen MR) is 124 cm³/mol. The first-order valence-electron chi connectivity index (χ1n) is 9.79. The molecule has 0 aliphatic rings. The van der Waals surface area contributed by atoms with Gasteiger partial charge in [-0.05, 0) is 42.7 Å². The Hall–Kier alpha value is -2.57. The van der Waals surface area contributed by atoms with E-state index < -0.39 is 0 Å². The van der Waals surface area contributed by atoms with Gasteiger partial charge in [0.2, 0.25) is 5.91 Å². The third-order valence-corrected chi connectivity index (χ3v) is 6.07. The highest BCUT2D eigenvalue weighted by Gasteiger charge is 2.21. The number of hydrogen-bond donors (Lipinski definition) is 1. The summed E-state index contributed by atoms with van der Waals surface area (Å²) in [6.45, 7) is 8.95. The Morgan fingerprint density at radius 3 is 2.53 bits per heavy atom. The van der Waals surface area contributed by atoms with E-state index in [1.807, 2.05) is 54.0 Å². The van der Waals surface area contributed by atoms with Crippen LogP contribution in [0.2, 0.25) is 5.02 Å². The predicted octanol–water partition coefficient (Wildman–Crippen LogP) is 5.19. The lowest BCUT2D eigenvalue weighted by atomic mass is 10.0. The van der Waals surface area contributed by atoms with Crippen LogP contribution in [0.5, 0.6) is 0 Å². The number of nitrogens with one attached hydrogen (secondary N) is 1. The summed E-state index contributed by atoms with van der Waals surface area (Å²) in [6, 6.07) is 17.6. The Morgan fingerprint density at radius 2 is 1.87 bits per heavy atom.